The number of amides is 1. The van der Waals surface area contributed by atoms with Crippen molar-refractivity contribution < 1.29 is 19.4 Å². The minimum absolute atomic E-state index is 0.0636. The van der Waals surface area contributed by atoms with E-state index < -0.39 is 0 Å². The first-order valence-electron chi connectivity index (χ1n) is 10.5. The van der Waals surface area contributed by atoms with Crippen molar-refractivity contribution in [3.63, 3.8) is 0 Å². The summed E-state index contributed by atoms with van der Waals surface area (Å²) >= 11 is 5.55. The van der Waals surface area contributed by atoms with Crippen LogP contribution in [0.1, 0.15) is 11.1 Å². The van der Waals surface area contributed by atoms with E-state index in [0.717, 1.165) is 11.1 Å². The molecule has 4 rings (SSSR count). The Balaban J connectivity index is 1.49. The standard InChI is InChI=1S/C26H24N2O4S/c1-27-24(17-20-8-5-9-23(16-20)31-15-14-29)25(30)28(26(27)33)21-10-12-22(13-11-21)32-18-19-6-3-2-4-7-19/h2-13,16-17,29H,14-15,18H2,1H3. The molecule has 33 heavy (non-hydrogen) atoms. The van der Waals surface area contributed by atoms with E-state index in [1.54, 1.807) is 24.1 Å². The molecule has 0 unspecified atom stereocenters. The first-order chi connectivity index (χ1) is 16.1. The van der Waals surface area contributed by atoms with Gasteiger partial charge in [0.25, 0.3) is 5.91 Å². The van der Waals surface area contributed by atoms with Gasteiger partial charge in [-0.05, 0) is 65.8 Å². The van der Waals surface area contributed by atoms with Gasteiger partial charge in [-0.25, -0.2) is 0 Å². The number of thiocarbonyl (C=S) groups is 1. The molecule has 168 valence electrons. The summed E-state index contributed by atoms with van der Waals surface area (Å²) in [5.41, 5.74) is 3.02. The number of ether oxygens (including phenoxy) is 2. The maximum absolute atomic E-state index is 13.2. The number of hydrogen-bond donors (Lipinski definition) is 1. The van der Waals surface area contributed by atoms with Gasteiger partial charge in [-0.2, -0.15) is 0 Å². The molecular formula is C26H24N2O4S. The molecule has 1 N–H and O–H groups in total. The first-order valence-corrected chi connectivity index (χ1v) is 10.9. The molecule has 1 aliphatic rings. The van der Waals surface area contributed by atoms with Crippen LogP contribution in [-0.2, 0) is 11.4 Å². The Hall–Kier alpha value is -3.68. The maximum atomic E-state index is 13.2. The highest BCUT2D eigenvalue weighted by atomic mass is 32.1. The van der Waals surface area contributed by atoms with Crippen molar-refractivity contribution in [3.8, 4) is 11.5 Å². The van der Waals surface area contributed by atoms with Crippen LogP contribution in [0, 0.1) is 0 Å². The SMILES string of the molecule is CN1C(=S)N(c2ccc(OCc3ccccc3)cc2)C(=O)C1=Cc1cccc(OCCO)c1. The monoisotopic (exact) mass is 460 g/mol. The van der Waals surface area contributed by atoms with Crippen molar-refractivity contribution in [2.75, 3.05) is 25.2 Å². The normalized spacial score (nSPS) is 14.8. The molecule has 0 aromatic heterocycles. The lowest BCUT2D eigenvalue weighted by atomic mass is 10.1. The fraction of sp³-hybridized carbons (Fsp3) is 0.154. The van der Waals surface area contributed by atoms with E-state index in [0.29, 0.717) is 34.6 Å². The molecule has 0 radical (unpaired) electrons. The number of aliphatic hydroxyl groups excluding tert-OH is 1. The Kier molecular flexibility index (Phi) is 7.02. The van der Waals surface area contributed by atoms with Gasteiger partial charge in [0.05, 0.1) is 12.3 Å². The molecule has 1 aliphatic heterocycles. The van der Waals surface area contributed by atoms with Crippen molar-refractivity contribution in [2.24, 2.45) is 0 Å². The molecule has 1 heterocycles. The smallest absolute Gasteiger partial charge is 0.281 e. The van der Waals surface area contributed by atoms with E-state index in [-0.39, 0.29) is 19.1 Å². The van der Waals surface area contributed by atoms with Gasteiger partial charge >= 0.3 is 0 Å². The second-order valence-electron chi connectivity index (χ2n) is 7.42. The van der Waals surface area contributed by atoms with E-state index in [1.807, 2.05) is 72.8 Å². The Morgan fingerprint density at radius 3 is 2.42 bits per heavy atom. The molecule has 1 fully saturated rings. The van der Waals surface area contributed by atoms with E-state index in [1.165, 1.54) is 4.90 Å². The second kappa shape index (κ2) is 10.3. The second-order valence-corrected chi connectivity index (χ2v) is 7.79. The summed E-state index contributed by atoms with van der Waals surface area (Å²) < 4.78 is 11.3. The van der Waals surface area contributed by atoms with Crippen molar-refractivity contribution >= 4 is 35.0 Å². The van der Waals surface area contributed by atoms with Crippen LogP contribution in [0.5, 0.6) is 11.5 Å². The Morgan fingerprint density at radius 1 is 0.939 bits per heavy atom. The molecule has 0 spiro atoms. The average molecular weight is 461 g/mol. The predicted molar refractivity (Wildman–Crippen MR) is 132 cm³/mol. The topological polar surface area (TPSA) is 62.2 Å². The third-order valence-corrected chi connectivity index (χ3v) is 5.58. The van der Waals surface area contributed by atoms with Crippen LogP contribution in [0.25, 0.3) is 6.08 Å². The van der Waals surface area contributed by atoms with E-state index >= 15 is 0 Å². The van der Waals surface area contributed by atoms with E-state index in [9.17, 15) is 4.79 Å². The van der Waals surface area contributed by atoms with Crippen molar-refractivity contribution in [1.29, 1.82) is 0 Å². The lowest BCUT2D eigenvalue weighted by Crippen LogP contribution is -2.31. The summed E-state index contributed by atoms with van der Waals surface area (Å²) in [6, 6.07) is 24.6. The highest BCUT2D eigenvalue weighted by Gasteiger charge is 2.36. The van der Waals surface area contributed by atoms with Crippen LogP contribution >= 0.6 is 12.2 Å². The summed E-state index contributed by atoms with van der Waals surface area (Å²) in [4.78, 5) is 16.4. The molecule has 1 saturated heterocycles. The van der Waals surface area contributed by atoms with Crippen molar-refractivity contribution in [2.45, 2.75) is 6.61 Å². The van der Waals surface area contributed by atoms with Gasteiger partial charge in [0, 0.05) is 7.05 Å². The molecule has 0 bridgehead atoms. The molecule has 1 amide bonds. The van der Waals surface area contributed by atoms with Crippen LogP contribution in [0.15, 0.2) is 84.6 Å². The molecule has 3 aromatic rings. The van der Waals surface area contributed by atoms with Crippen molar-refractivity contribution in [1.82, 2.24) is 4.90 Å². The molecule has 7 heteroatoms. The maximum Gasteiger partial charge on any atom is 0.281 e. The molecule has 0 aliphatic carbocycles. The molecule has 3 aromatic carbocycles. The number of rotatable bonds is 8. The largest absolute Gasteiger partial charge is 0.491 e. The molecular weight excluding hydrogens is 436 g/mol. The Morgan fingerprint density at radius 2 is 1.70 bits per heavy atom. The summed E-state index contributed by atoms with van der Waals surface area (Å²) in [6.45, 7) is 0.617. The zero-order valence-corrected chi connectivity index (χ0v) is 19.0. The lowest BCUT2D eigenvalue weighted by molar-refractivity contribution is -0.114. The van der Waals surface area contributed by atoms with Crippen LogP contribution in [-0.4, -0.2) is 41.3 Å². The molecule has 6 nitrogen and oxygen atoms in total. The Labute approximate surface area is 198 Å². The van der Waals surface area contributed by atoms with Gasteiger partial charge in [-0.1, -0.05) is 42.5 Å². The zero-order valence-electron chi connectivity index (χ0n) is 18.2. The summed E-state index contributed by atoms with van der Waals surface area (Å²) in [7, 11) is 1.77. The lowest BCUT2D eigenvalue weighted by Gasteiger charge is -2.17. The first kappa shape index (κ1) is 22.5. The number of carbonyl (C=O) groups excluding carboxylic acids is 1. The number of carbonyl (C=O) groups is 1. The third kappa shape index (κ3) is 5.22. The van der Waals surface area contributed by atoms with E-state index in [2.05, 4.69) is 0 Å². The van der Waals surface area contributed by atoms with Gasteiger partial charge in [0.1, 0.15) is 30.4 Å². The zero-order chi connectivity index (χ0) is 23.2. The van der Waals surface area contributed by atoms with Crippen LogP contribution < -0.4 is 14.4 Å². The van der Waals surface area contributed by atoms with Crippen molar-refractivity contribution in [3.05, 3.63) is 95.7 Å². The highest BCUT2D eigenvalue weighted by molar-refractivity contribution is 7.80. The number of anilines is 1. The number of benzene rings is 3. The van der Waals surface area contributed by atoms with E-state index in [4.69, 9.17) is 26.8 Å². The average Bonchev–Trinajstić information content (AvgIpc) is 3.06. The molecule has 0 saturated carbocycles. The van der Waals surface area contributed by atoms with Crippen LogP contribution in [0.4, 0.5) is 5.69 Å². The number of hydrogen-bond acceptors (Lipinski definition) is 5. The number of likely N-dealkylation sites (N-methyl/N-ethyl adjacent to an activating group) is 1. The number of nitrogens with zero attached hydrogens (tertiary/aromatic N) is 2. The molecule has 0 atom stereocenters. The van der Waals surface area contributed by atoms with Gasteiger partial charge in [-0.3, -0.25) is 9.69 Å². The summed E-state index contributed by atoms with van der Waals surface area (Å²) in [5, 5.41) is 9.35. The van der Waals surface area contributed by atoms with Gasteiger partial charge in [-0.15, -0.1) is 0 Å². The van der Waals surface area contributed by atoms with Gasteiger partial charge in [0.2, 0.25) is 0 Å². The Bertz CT molecular complexity index is 1160. The fourth-order valence-corrected chi connectivity index (χ4v) is 3.72. The van der Waals surface area contributed by atoms with Gasteiger partial charge in [0.15, 0.2) is 5.11 Å². The minimum Gasteiger partial charge on any atom is -0.491 e. The van der Waals surface area contributed by atoms with Crippen LogP contribution in [0.3, 0.4) is 0 Å². The fourth-order valence-electron chi connectivity index (χ4n) is 3.43. The number of aliphatic hydroxyl groups is 1. The predicted octanol–water partition coefficient (Wildman–Crippen LogP) is 4.24. The highest BCUT2D eigenvalue weighted by Crippen LogP contribution is 2.30. The minimum atomic E-state index is -0.206. The van der Waals surface area contributed by atoms with Gasteiger partial charge < -0.3 is 19.5 Å². The summed E-state index contributed by atoms with van der Waals surface area (Å²) in [5.74, 6) is 1.13. The quantitative estimate of drug-likeness (QED) is 0.401. The summed E-state index contributed by atoms with van der Waals surface area (Å²) in [6.07, 6.45) is 1.78. The van der Waals surface area contributed by atoms with Crippen LogP contribution in [0.2, 0.25) is 0 Å². The third-order valence-electron chi connectivity index (χ3n) is 5.13.